The van der Waals surface area contributed by atoms with Gasteiger partial charge in [0.2, 0.25) is 11.8 Å². The van der Waals surface area contributed by atoms with Gasteiger partial charge in [-0.25, -0.2) is 0 Å². The molecule has 2 rings (SSSR count). The molecular weight excluding hydrogens is 284 g/mol. The van der Waals surface area contributed by atoms with E-state index >= 15 is 0 Å². The Hall–Kier alpha value is -1.36. The van der Waals surface area contributed by atoms with Crippen molar-refractivity contribution in [3.8, 4) is 0 Å². The Kier molecular flexibility index (Phi) is 5.79. The van der Waals surface area contributed by atoms with E-state index < -0.39 is 0 Å². The van der Waals surface area contributed by atoms with Gasteiger partial charge in [-0.15, -0.1) is 11.3 Å². The number of hydrogen-bond acceptors (Lipinski definition) is 3. The van der Waals surface area contributed by atoms with Crippen LogP contribution >= 0.6 is 11.3 Å². The summed E-state index contributed by atoms with van der Waals surface area (Å²) in [7, 11) is 0. The van der Waals surface area contributed by atoms with Crippen molar-refractivity contribution in [2.24, 2.45) is 5.92 Å². The summed E-state index contributed by atoms with van der Waals surface area (Å²) in [5, 5.41) is 5.00. The topological polar surface area (TPSA) is 49.4 Å². The zero-order chi connectivity index (χ0) is 15.2. The standard InChI is InChI=1S/C16H24N2O2S/c1-12(2)17-16(20)13-7-9-18(10-8-13)15(19)6-5-14-4-3-11-21-14/h3-4,11-13H,5-10H2,1-2H3,(H,17,20). The van der Waals surface area contributed by atoms with E-state index in [2.05, 4.69) is 11.4 Å². The van der Waals surface area contributed by atoms with Crippen LogP contribution in [0.4, 0.5) is 0 Å². The first-order chi connectivity index (χ1) is 10.1. The molecule has 0 unspecified atom stereocenters. The number of carbonyl (C=O) groups is 2. The summed E-state index contributed by atoms with van der Waals surface area (Å²) >= 11 is 1.70. The number of likely N-dealkylation sites (tertiary alicyclic amines) is 1. The summed E-state index contributed by atoms with van der Waals surface area (Å²) in [4.78, 5) is 27.3. The number of carbonyl (C=O) groups excluding carboxylic acids is 2. The molecule has 4 nitrogen and oxygen atoms in total. The number of amides is 2. The van der Waals surface area contributed by atoms with Gasteiger partial charge in [-0.05, 0) is 44.6 Å². The maximum atomic E-state index is 12.2. The average Bonchev–Trinajstić information content (AvgIpc) is 2.97. The van der Waals surface area contributed by atoms with E-state index in [1.165, 1.54) is 4.88 Å². The molecule has 2 heterocycles. The molecule has 1 aliphatic heterocycles. The second-order valence-electron chi connectivity index (χ2n) is 5.90. The molecule has 1 aliphatic rings. The summed E-state index contributed by atoms with van der Waals surface area (Å²) in [6, 6.07) is 4.27. The third-order valence-corrected chi connectivity index (χ3v) is 4.75. The lowest BCUT2D eigenvalue weighted by Crippen LogP contribution is -2.44. The first-order valence-corrected chi connectivity index (χ1v) is 8.54. The Labute approximate surface area is 130 Å². The highest BCUT2D eigenvalue weighted by molar-refractivity contribution is 7.09. The Bertz CT molecular complexity index is 463. The monoisotopic (exact) mass is 308 g/mol. The van der Waals surface area contributed by atoms with Crippen molar-refractivity contribution < 1.29 is 9.59 Å². The number of thiophene rings is 1. The molecule has 0 aromatic carbocycles. The average molecular weight is 308 g/mol. The summed E-state index contributed by atoms with van der Waals surface area (Å²) < 4.78 is 0. The maximum Gasteiger partial charge on any atom is 0.223 e. The lowest BCUT2D eigenvalue weighted by atomic mass is 9.95. The molecule has 1 fully saturated rings. The van der Waals surface area contributed by atoms with Gasteiger partial charge >= 0.3 is 0 Å². The van der Waals surface area contributed by atoms with Gasteiger partial charge in [-0.3, -0.25) is 9.59 Å². The van der Waals surface area contributed by atoms with Crippen molar-refractivity contribution in [3.05, 3.63) is 22.4 Å². The molecule has 0 radical (unpaired) electrons. The Balaban J connectivity index is 1.73. The quantitative estimate of drug-likeness (QED) is 0.908. The fraction of sp³-hybridized carbons (Fsp3) is 0.625. The molecule has 5 heteroatoms. The molecule has 0 aliphatic carbocycles. The molecule has 2 amide bonds. The molecule has 1 aromatic rings. The van der Waals surface area contributed by atoms with Crippen LogP contribution in [0.1, 0.15) is 38.0 Å². The normalized spacial score (nSPS) is 16.2. The van der Waals surface area contributed by atoms with Crippen LogP contribution in [0.5, 0.6) is 0 Å². The second-order valence-corrected chi connectivity index (χ2v) is 6.93. The van der Waals surface area contributed by atoms with Crippen molar-refractivity contribution >= 4 is 23.2 Å². The van der Waals surface area contributed by atoms with Crippen molar-refractivity contribution in [2.75, 3.05) is 13.1 Å². The molecule has 0 atom stereocenters. The molecule has 1 aromatic heterocycles. The van der Waals surface area contributed by atoms with E-state index in [1.54, 1.807) is 11.3 Å². The van der Waals surface area contributed by atoms with Crippen LogP contribution in [-0.4, -0.2) is 35.8 Å². The minimum atomic E-state index is 0.0637. The van der Waals surface area contributed by atoms with Crippen molar-refractivity contribution in [1.82, 2.24) is 10.2 Å². The number of nitrogens with one attached hydrogen (secondary N) is 1. The summed E-state index contributed by atoms with van der Waals surface area (Å²) in [5.74, 6) is 0.413. The van der Waals surface area contributed by atoms with E-state index in [1.807, 2.05) is 30.2 Å². The largest absolute Gasteiger partial charge is 0.354 e. The predicted molar refractivity (Wildman–Crippen MR) is 85.2 cm³/mol. The van der Waals surface area contributed by atoms with Gasteiger partial charge in [0, 0.05) is 36.3 Å². The number of piperidine rings is 1. The van der Waals surface area contributed by atoms with Crippen LogP contribution in [0.25, 0.3) is 0 Å². The highest BCUT2D eigenvalue weighted by Gasteiger charge is 2.27. The molecule has 0 spiro atoms. The Morgan fingerprint density at radius 3 is 2.67 bits per heavy atom. The highest BCUT2D eigenvalue weighted by atomic mass is 32.1. The minimum absolute atomic E-state index is 0.0637. The summed E-state index contributed by atoms with van der Waals surface area (Å²) in [6.45, 7) is 5.36. The van der Waals surface area contributed by atoms with Crippen molar-refractivity contribution in [1.29, 1.82) is 0 Å². The van der Waals surface area contributed by atoms with E-state index in [0.717, 1.165) is 19.3 Å². The molecular formula is C16H24N2O2S. The third kappa shape index (κ3) is 4.84. The van der Waals surface area contributed by atoms with E-state index in [4.69, 9.17) is 0 Å². The Morgan fingerprint density at radius 1 is 1.38 bits per heavy atom. The molecule has 1 saturated heterocycles. The van der Waals surface area contributed by atoms with Crippen molar-refractivity contribution in [2.45, 2.75) is 45.6 Å². The van der Waals surface area contributed by atoms with Gasteiger partial charge in [-0.1, -0.05) is 6.07 Å². The molecule has 0 bridgehead atoms. The number of nitrogens with zero attached hydrogens (tertiary/aromatic N) is 1. The minimum Gasteiger partial charge on any atom is -0.354 e. The van der Waals surface area contributed by atoms with Gasteiger partial charge in [0.1, 0.15) is 0 Å². The van der Waals surface area contributed by atoms with Gasteiger partial charge in [0.05, 0.1) is 0 Å². The SMILES string of the molecule is CC(C)NC(=O)C1CCN(C(=O)CCc2cccs2)CC1. The van der Waals surface area contributed by atoms with Crippen LogP contribution in [0.2, 0.25) is 0 Å². The number of rotatable bonds is 5. The Morgan fingerprint density at radius 2 is 2.10 bits per heavy atom. The van der Waals surface area contributed by atoms with E-state index in [9.17, 15) is 9.59 Å². The lowest BCUT2D eigenvalue weighted by Gasteiger charge is -2.31. The van der Waals surface area contributed by atoms with E-state index in [0.29, 0.717) is 19.5 Å². The second kappa shape index (κ2) is 7.59. The lowest BCUT2D eigenvalue weighted by molar-refractivity contribution is -0.135. The van der Waals surface area contributed by atoms with Gasteiger partial charge < -0.3 is 10.2 Å². The van der Waals surface area contributed by atoms with Gasteiger partial charge in [0.25, 0.3) is 0 Å². The fourth-order valence-corrected chi connectivity index (χ4v) is 3.35. The van der Waals surface area contributed by atoms with Gasteiger partial charge in [0.15, 0.2) is 0 Å². The van der Waals surface area contributed by atoms with Crippen LogP contribution < -0.4 is 5.32 Å². The smallest absolute Gasteiger partial charge is 0.223 e. The molecule has 0 saturated carbocycles. The van der Waals surface area contributed by atoms with Crippen molar-refractivity contribution in [3.63, 3.8) is 0 Å². The molecule has 21 heavy (non-hydrogen) atoms. The van der Waals surface area contributed by atoms with Crippen LogP contribution in [0, 0.1) is 5.92 Å². The van der Waals surface area contributed by atoms with Crippen LogP contribution in [0.3, 0.4) is 0 Å². The predicted octanol–water partition coefficient (Wildman–Crippen LogP) is 2.44. The summed E-state index contributed by atoms with van der Waals surface area (Å²) in [6.07, 6.45) is 2.96. The van der Waals surface area contributed by atoms with Crippen LogP contribution in [0.15, 0.2) is 17.5 Å². The zero-order valence-electron chi connectivity index (χ0n) is 12.8. The number of aryl methyl sites for hydroxylation is 1. The summed E-state index contributed by atoms with van der Waals surface area (Å²) in [5.41, 5.74) is 0. The molecule has 116 valence electrons. The first kappa shape index (κ1) is 16.0. The molecule has 1 N–H and O–H groups in total. The third-order valence-electron chi connectivity index (χ3n) is 3.81. The maximum absolute atomic E-state index is 12.2. The van der Waals surface area contributed by atoms with E-state index in [-0.39, 0.29) is 23.8 Å². The van der Waals surface area contributed by atoms with Crippen LogP contribution in [-0.2, 0) is 16.0 Å². The highest BCUT2D eigenvalue weighted by Crippen LogP contribution is 2.19. The fourth-order valence-electron chi connectivity index (χ4n) is 2.64. The number of hydrogen-bond donors (Lipinski definition) is 1. The first-order valence-electron chi connectivity index (χ1n) is 7.67. The van der Waals surface area contributed by atoms with Gasteiger partial charge in [-0.2, -0.15) is 0 Å². The zero-order valence-corrected chi connectivity index (χ0v) is 13.6.